The summed E-state index contributed by atoms with van der Waals surface area (Å²) in [5.41, 5.74) is 2.74. The highest BCUT2D eigenvalue weighted by Crippen LogP contribution is 2.35. The van der Waals surface area contributed by atoms with Crippen molar-refractivity contribution >= 4 is 25.7 Å². The van der Waals surface area contributed by atoms with Crippen LogP contribution in [-0.4, -0.2) is 53.5 Å². The summed E-state index contributed by atoms with van der Waals surface area (Å²) in [5.74, 6) is 0. The number of anilines is 1. The Bertz CT molecular complexity index is 1160. The third kappa shape index (κ3) is 4.10. The van der Waals surface area contributed by atoms with Gasteiger partial charge in [-0.05, 0) is 54.8 Å². The second kappa shape index (κ2) is 7.93. The first-order valence-electron chi connectivity index (χ1n) is 9.75. The highest BCUT2D eigenvalue weighted by atomic mass is 32.2. The molecule has 2 aliphatic heterocycles. The van der Waals surface area contributed by atoms with Gasteiger partial charge in [0.15, 0.2) is 0 Å². The molecule has 0 bridgehead atoms. The van der Waals surface area contributed by atoms with Crippen LogP contribution in [0.15, 0.2) is 52.3 Å². The van der Waals surface area contributed by atoms with E-state index < -0.39 is 20.0 Å². The van der Waals surface area contributed by atoms with Crippen LogP contribution in [0.1, 0.15) is 18.1 Å². The van der Waals surface area contributed by atoms with E-state index in [0.717, 1.165) is 16.8 Å². The zero-order valence-corrected chi connectivity index (χ0v) is 18.3. The summed E-state index contributed by atoms with van der Waals surface area (Å²) in [7, 11) is -7.31. The quantitative estimate of drug-likeness (QED) is 0.734. The number of hydrogen-bond donors (Lipinski definition) is 1. The molecule has 1 atom stereocenters. The molecular weight excluding hydrogens is 426 g/mol. The number of sulfonamides is 2. The summed E-state index contributed by atoms with van der Waals surface area (Å²) >= 11 is 0. The molecule has 0 spiro atoms. The molecule has 1 fully saturated rings. The molecule has 8 nitrogen and oxygen atoms in total. The Kier molecular flexibility index (Phi) is 5.62. The number of morpholine rings is 1. The number of nitrogens with two attached hydrogens (primary N) is 1. The molecule has 2 aliphatic rings. The lowest BCUT2D eigenvalue weighted by Crippen LogP contribution is -2.40. The van der Waals surface area contributed by atoms with Crippen molar-refractivity contribution < 1.29 is 21.6 Å². The molecule has 10 heteroatoms. The number of fused-ring (bicyclic) bond motifs is 1. The number of benzene rings is 2. The molecule has 2 aromatic carbocycles. The third-order valence-electron chi connectivity index (χ3n) is 5.60. The summed E-state index contributed by atoms with van der Waals surface area (Å²) in [6.07, 6.45) is 0.699. The summed E-state index contributed by atoms with van der Waals surface area (Å²) < 4.78 is 55.9. The molecule has 0 aromatic heterocycles. The minimum atomic E-state index is -3.75. The fourth-order valence-electron chi connectivity index (χ4n) is 4.03. The van der Waals surface area contributed by atoms with Crippen molar-refractivity contribution in [2.24, 2.45) is 5.14 Å². The zero-order valence-electron chi connectivity index (χ0n) is 16.7. The SMILES string of the molecule is C[C@@H]1Cc2cc(S(N)(=O)=O)ccc2N1Cc1cccc(S(=O)(=O)N2CCOCC2)c1. The fourth-order valence-corrected chi connectivity index (χ4v) is 6.07. The van der Waals surface area contributed by atoms with Crippen LogP contribution < -0.4 is 10.0 Å². The molecule has 2 N–H and O–H groups in total. The predicted octanol–water partition coefficient (Wildman–Crippen LogP) is 1.31. The summed E-state index contributed by atoms with van der Waals surface area (Å²) in [6.45, 7) is 4.11. The molecule has 4 rings (SSSR count). The second-order valence-electron chi connectivity index (χ2n) is 7.68. The van der Waals surface area contributed by atoms with Gasteiger partial charge in [0.05, 0.1) is 23.0 Å². The zero-order chi connectivity index (χ0) is 21.5. The van der Waals surface area contributed by atoms with Gasteiger partial charge in [0.25, 0.3) is 0 Å². The van der Waals surface area contributed by atoms with Crippen molar-refractivity contribution in [2.75, 3.05) is 31.2 Å². The van der Waals surface area contributed by atoms with Crippen molar-refractivity contribution in [1.82, 2.24) is 4.31 Å². The lowest BCUT2D eigenvalue weighted by atomic mass is 10.1. The Morgan fingerprint density at radius 2 is 1.77 bits per heavy atom. The molecule has 30 heavy (non-hydrogen) atoms. The Morgan fingerprint density at radius 3 is 2.47 bits per heavy atom. The van der Waals surface area contributed by atoms with Gasteiger partial charge in [-0.25, -0.2) is 22.0 Å². The molecule has 2 heterocycles. The van der Waals surface area contributed by atoms with Crippen LogP contribution in [0.5, 0.6) is 0 Å². The van der Waals surface area contributed by atoms with Crippen molar-refractivity contribution in [2.45, 2.75) is 35.7 Å². The van der Waals surface area contributed by atoms with Crippen LogP contribution in [0.4, 0.5) is 5.69 Å². The molecule has 0 amide bonds. The number of ether oxygens (including phenoxy) is 1. The van der Waals surface area contributed by atoms with Gasteiger partial charge in [-0.1, -0.05) is 12.1 Å². The van der Waals surface area contributed by atoms with Crippen molar-refractivity contribution in [3.8, 4) is 0 Å². The Hall–Kier alpha value is -1.98. The lowest BCUT2D eigenvalue weighted by molar-refractivity contribution is 0.0730. The molecule has 0 unspecified atom stereocenters. The predicted molar refractivity (Wildman–Crippen MR) is 113 cm³/mol. The van der Waals surface area contributed by atoms with Gasteiger partial charge in [0.2, 0.25) is 20.0 Å². The smallest absolute Gasteiger partial charge is 0.243 e. The van der Waals surface area contributed by atoms with Crippen molar-refractivity contribution in [1.29, 1.82) is 0 Å². The topological polar surface area (TPSA) is 110 Å². The van der Waals surface area contributed by atoms with Crippen molar-refractivity contribution in [3.05, 3.63) is 53.6 Å². The first kappa shape index (κ1) is 21.3. The first-order chi connectivity index (χ1) is 14.2. The van der Waals surface area contributed by atoms with Crippen LogP contribution in [0.2, 0.25) is 0 Å². The first-order valence-corrected chi connectivity index (χ1v) is 12.7. The van der Waals surface area contributed by atoms with Gasteiger partial charge in [-0.15, -0.1) is 0 Å². The van der Waals surface area contributed by atoms with E-state index >= 15 is 0 Å². The average molecular weight is 452 g/mol. The second-order valence-corrected chi connectivity index (χ2v) is 11.2. The van der Waals surface area contributed by atoms with Gasteiger partial charge in [0.1, 0.15) is 0 Å². The summed E-state index contributed by atoms with van der Waals surface area (Å²) in [5, 5.41) is 5.25. The van der Waals surface area contributed by atoms with E-state index in [0.29, 0.717) is 39.3 Å². The van der Waals surface area contributed by atoms with Gasteiger partial charge in [-0.2, -0.15) is 4.31 Å². The van der Waals surface area contributed by atoms with E-state index in [1.165, 1.54) is 10.4 Å². The molecular formula is C20H25N3O5S2. The Labute approximate surface area is 177 Å². The number of nitrogens with zero attached hydrogens (tertiary/aromatic N) is 2. The third-order valence-corrected chi connectivity index (χ3v) is 8.40. The van der Waals surface area contributed by atoms with Gasteiger partial charge >= 0.3 is 0 Å². The van der Waals surface area contributed by atoms with Crippen LogP contribution in [0.3, 0.4) is 0 Å². The standard InChI is InChI=1S/C20H25N3O5S2/c1-15-11-17-13-18(29(21,24)25)5-6-20(17)23(15)14-16-3-2-4-19(12-16)30(26,27)22-7-9-28-10-8-22/h2-6,12-13,15H,7-11,14H2,1H3,(H2,21,24,25)/t15-/m1/s1. The Morgan fingerprint density at radius 1 is 1.03 bits per heavy atom. The fraction of sp³-hybridized carbons (Fsp3) is 0.400. The lowest BCUT2D eigenvalue weighted by Gasteiger charge is -2.27. The van der Waals surface area contributed by atoms with Gasteiger partial charge in [-0.3, -0.25) is 0 Å². The van der Waals surface area contributed by atoms with Crippen molar-refractivity contribution in [3.63, 3.8) is 0 Å². The minimum Gasteiger partial charge on any atom is -0.379 e. The summed E-state index contributed by atoms with van der Waals surface area (Å²) in [4.78, 5) is 2.54. The monoisotopic (exact) mass is 451 g/mol. The number of primary sulfonamides is 1. The molecule has 0 saturated carbocycles. The van der Waals surface area contributed by atoms with E-state index in [-0.39, 0.29) is 15.8 Å². The highest BCUT2D eigenvalue weighted by molar-refractivity contribution is 7.89. The van der Waals surface area contributed by atoms with Crippen LogP contribution in [0.25, 0.3) is 0 Å². The maximum atomic E-state index is 13.0. The number of hydrogen-bond acceptors (Lipinski definition) is 6. The average Bonchev–Trinajstić information content (AvgIpc) is 3.03. The van der Waals surface area contributed by atoms with E-state index in [2.05, 4.69) is 11.8 Å². The van der Waals surface area contributed by atoms with Crippen LogP contribution in [-0.2, 0) is 37.7 Å². The molecule has 162 valence electrons. The van der Waals surface area contributed by atoms with Crippen LogP contribution in [0, 0.1) is 0 Å². The number of rotatable bonds is 5. The van der Waals surface area contributed by atoms with E-state index in [1.54, 1.807) is 30.3 Å². The Balaban J connectivity index is 1.59. The molecule has 2 aromatic rings. The van der Waals surface area contributed by atoms with Gasteiger partial charge < -0.3 is 9.64 Å². The largest absolute Gasteiger partial charge is 0.379 e. The normalized spacial score (nSPS) is 20.3. The molecule has 0 radical (unpaired) electrons. The minimum absolute atomic E-state index is 0.105. The maximum Gasteiger partial charge on any atom is 0.243 e. The molecule has 0 aliphatic carbocycles. The highest BCUT2D eigenvalue weighted by Gasteiger charge is 2.29. The van der Waals surface area contributed by atoms with Crippen LogP contribution >= 0.6 is 0 Å². The van der Waals surface area contributed by atoms with E-state index in [1.807, 2.05) is 6.07 Å². The van der Waals surface area contributed by atoms with Gasteiger partial charge in [0, 0.05) is 31.4 Å². The molecule has 1 saturated heterocycles. The van der Waals surface area contributed by atoms with E-state index in [9.17, 15) is 16.8 Å². The van der Waals surface area contributed by atoms with E-state index in [4.69, 9.17) is 9.88 Å². The maximum absolute atomic E-state index is 13.0. The summed E-state index contributed by atoms with van der Waals surface area (Å²) in [6, 6.07) is 12.1.